The van der Waals surface area contributed by atoms with Crippen LogP contribution in [0.5, 0.6) is 0 Å². The van der Waals surface area contributed by atoms with Crippen LogP contribution in [-0.4, -0.2) is 31.0 Å². The third-order valence-electron chi connectivity index (χ3n) is 3.52. The minimum Gasteiger partial charge on any atom is -0.379 e. The Hall–Kier alpha value is -1.76. The normalized spacial score (nSPS) is 21.6. The fourth-order valence-corrected chi connectivity index (χ4v) is 2.29. The minimum atomic E-state index is -4.18. The molecule has 1 fully saturated rings. The van der Waals surface area contributed by atoms with Gasteiger partial charge >= 0.3 is 12.2 Å². The quantitative estimate of drug-likeness (QED) is 0.893. The number of nitrogens with one attached hydrogen (secondary N) is 2. The van der Waals surface area contributed by atoms with Gasteiger partial charge in [-0.25, -0.2) is 4.79 Å². The third-order valence-corrected chi connectivity index (χ3v) is 3.52. The van der Waals surface area contributed by atoms with Crippen LogP contribution in [0.25, 0.3) is 0 Å². The van der Waals surface area contributed by atoms with Gasteiger partial charge in [0.15, 0.2) is 0 Å². The Kier molecular flexibility index (Phi) is 4.95. The summed E-state index contributed by atoms with van der Waals surface area (Å²) in [5.41, 5.74) is 0.600. The number of hydrogen-bond acceptors (Lipinski definition) is 2. The zero-order chi connectivity index (χ0) is 16.2. The van der Waals surface area contributed by atoms with E-state index in [1.165, 1.54) is 0 Å². The van der Waals surface area contributed by atoms with Gasteiger partial charge in [-0.05, 0) is 37.5 Å². The number of carbonyl (C=O) groups excluding carboxylic acids is 1. The molecule has 0 bridgehead atoms. The number of halogens is 3. The number of alkyl halides is 3. The summed E-state index contributed by atoms with van der Waals surface area (Å²) in [7, 11) is 0. The molecule has 1 aromatic carbocycles. The van der Waals surface area contributed by atoms with Gasteiger partial charge in [0, 0.05) is 18.7 Å². The summed E-state index contributed by atoms with van der Waals surface area (Å²) >= 11 is 0. The first kappa shape index (κ1) is 16.6. The molecule has 122 valence electrons. The first-order valence-electron chi connectivity index (χ1n) is 7.08. The van der Waals surface area contributed by atoms with E-state index in [0.717, 1.165) is 6.42 Å². The van der Waals surface area contributed by atoms with Gasteiger partial charge in [0.2, 0.25) is 0 Å². The fraction of sp³-hybridized carbons (Fsp3) is 0.533. The van der Waals surface area contributed by atoms with Crippen molar-refractivity contribution in [3.63, 3.8) is 0 Å². The third kappa shape index (κ3) is 5.22. The highest BCUT2D eigenvalue weighted by molar-refractivity contribution is 5.89. The summed E-state index contributed by atoms with van der Waals surface area (Å²) in [5.74, 6) is 0. The number of hydrogen-bond donors (Lipinski definition) is 2. The minimum absolute atomic E-state index is 0.105. The zero-order valence-electron chi connectivity index (χ0n) is 12.3. The second-order valence-electron chi connectivity index (χ2n) is 5.76. The molecule has 0 aromatic heterocycles. The van der Waals surface area contributed by atoms with E-state index >= 15 is 0 Å². The number of benzene rings is 1. The van der Waals surface area contributed by atoms with Crippen LogP contribution < -0.4 is 10.6 Å². The van der Waals surface area contributed by atoms with Crippen LogP contribution in [0.15, 0.2) is 24.3 Å². The van der Waals surface area contributed by atoms with Crippen LogP contribution >= 0.6 is 0 Å². The van der Waals surface area contributed by atoms with Crippen LogP contribution in [0.4, 0.5) is 23.7 Å². The average molecular weight is 316 g/mol. The lowest BCUT2D eigenvalue weighted by atomic mass is 10.0. The van der Waals surface area contributed by atoms with Crippen LogP contribution in [0.3, 0.4) is 0 Å². The second kappa shape index (κ2) is 6.56. The van der Waals surface area contributed by atoms with E-state index in [1.807, 2.05) is 6.92 Å². The fourth-order valence-electron chi connectivity index (χ4n) is 2.29. The molecule has 1 aliphatic rings. The lowest BCUT2D eigenvalue weighted by Gasteiger charge is -2.23. The Morgan fingerprint density at radius 1 is 1.41 bits per heavy atom. The smallest absolute Gasteiger partial charge is 0.379 e. The largest absolute Gasteiger partial charge is 0.389 e. The van der Waals surface area contributed by atoms with E-state index in [2.05, 4.69) is 10.6 Å². The molecule has 0 spiro atoms. The highest BCUT2D eigenvalue weighted by Crippen LogP contribution is 2.23. The molecule has 1 aromatic rings. The molecule has 0 saturated carbocycles. The van der Waals surface area contributed by atoms with Gasteiger partial charge in [0.25, 0.3) is 0 Å². The number of aryl methyl sites for hydroxylation is 1. The van der Waals surface area contributed by atoms with Crippen molar-refractivity contribution in [1.29, 1.82) is 0 Å². The predicted octanol–water partition coefficient (Wildman–Crippen LogP) is 3.48. The molecule has 2 N–H and O–H groups in total. The molecule has 1 saturated heterocycles. The van der Waals surface area contributed by atoms with Crippen LogP contribution in [0, 0.1) is 0 Å². The Morgan fingerprint density at radius 3 is 2.82 bits per heavy atom. The Morgan fingerprint density at radius 2 is 2.18 bits per heavy atom. The molecule has 22 heavy (non-hydrogen) atoms. The number of urea groups is 1. The van der Waals surface area contributed by atoms with Crippen molar-refractivity contribution in [2.24, 2.45) is 0 Å². The molecule has 0 radical (unpaired) electrons. The predicted molar refractivity (Wildman–Crippen MR) is 76.8 cm³/mol. The molecular weight excluding hydrogens is 297 g/mol. The number of rotatable bonds is 4. The summed E-state index contributed by atoms with van der Waals surface area (Å²) < 4.78 is 41.9. The summed E-state index contributed by atoms with van der Waals surface area (Å²) in [6.45, 7) is 2.94. The topological polar surface area (TPSA) is 50.4 Å². The van der Waals surface area contributed by atoms with E-state index in [9.17, 15) is 18.0 Å². The Labute approximate surface area is 127 Å². The van der Waals surface area contributed by atoms with E-state index in [-0.39, 0.29) is 12.5 Å². The standard InChI is InChI=1S/C15H19F3N2O2/c1-14(7-8-22-10-14)20-13(21)19-12-4-2-3-11(9-12)5-6-15(16,17)18/h2-4,9H,5-8,10H2,1H3,(H2,19,20,21). The highest BCUT2D eigenvalue weighted by atomic mass is 19.4. The monoisotopic (exact) mass is 316 g/mol. The lowest BCUT2D eigenvalue weighted by molar-refractivity contribution is -0.133. The lowest BCUT2D eigenvalue weighted by Crippen LogP contribution is -2.48. The molecule has 7 heteroatoms. The van der Waals surface area contributed by atoms with Gasteiger partial charge < -0.3 is 15.4 Å². The highest BCUT2D eigenvalue weighted by Gasteiger charge is 2.31. The van der Waals surface area contributed by atoms with Gasteiger partial charge in [-0.1, -0.05) is 12.1 Å². The number of ether oxygens (including phenoxy) is 1. The van der Waals surface area contributed by atoms with Crippen molar-refractivity contribution in [2.75, 3.05) is 18.5 Å². The summed E-state index contributed by atoms with van der Waals surface area (Å²) in [4.78, 5) is 11.9. The molecule has 1 aliphatic heterocycles. The van der Waals surface area contributed by atoms with Crippen molar-refractivity contribution in [3.05, 3.63) is 29.8 Å². The van der Waals surface area contributed by atoms with Crippen molar-refractivity contribution in [2.45, 2.75) is 37.9 Å². The van der Waals surface area contributed by atoms with Crippen LogP contribution in [-0.2, 0) is 11.2 Å². The molecular formula is C15H19F3N2O2. The van der Waals surface area contributed by atoms with Crippen molar-refractivity contribution in [3.8, 4) is 0 Å². The molecule has 2 rings (SSSR count). The van der Waals surface area contributed by atoms with E-state index < -0.39 is 18.1 Å². The molecule has 1 heterocycles. The first-order valence-corrected chi connectivity index (χ1v) is 7.08. The Bertz CT molecular complexity index is 526. The number of amides is 2. The molecule has 1 unspecified atom stereocenters. The Balaban J connectivity index is 1.90. The van der Waals surface area contributed by atoms with Crippen LogP contribution in [0.1, 0.15) is 25.3 Å². The van der Waals surface area contributed by atoms with Crippen LogP contribution in [0.2, 0.25) is 0 Å². The molecule has 4 nitrogen and oxygen atoms in total. The molecule has 1 atom stereocenters. The first-order chi connectivity index (χ1) is 10.3. The summed E-state index contributed by atoms with van der Waals surface area (Å²) in [6, 6.07) is 6.05. The zero-order valence-corrected chi connectivity index (χ0v) is 12.3. The average Bonchev–Trinajstić information content (AvgIpc) is 2.82. The summed E-state index contributed by atoms with van der Waals surface area (Å²) in [6.07, 6.45) is -4.44. The van der Waals surface area contributed by atoms with E-state index in [0.29, 0.717) is 24.5 Å². The maximum Gasteiger partial charge on any atom is 0.389 e. The number of anilines is 1. The molecule has 2 amide bonds. The van der Waals surface area contributed by atoms with E-state index in [1.54, 1.807) is 24.3 Å². The second-order valence-corrected chi connectivity index (χ2v) is 5.76. The van der Waals surface area contributed by atoms with Gasteiger partial charge in [-0.2, -0.15) is 13.2 Å². The maximum atomic E-state index is 12.2. The van der Waals surface area contributed by atoms with Crippen molar-refractivity contribution < 1.29 is 22.7 Å². The molecule has 0 aliphatic carbocycles. The van der Waals surface area contributed by atoms with Crippen molar-refractivity contribution in [1.82, 2.24) is 5.32 Å². The van der Waals surface area contributed by atoms with E-state index in [4.69, 9.17) is 4.74 Å². The van der Waals surface area contributed by atoms with Gasteiger partial charge in [-0.3, -0.25) is 0 Å². The van der Waals surface area contributed by atoms with Gasteiger partial charge in [-0.15, -0.1) is 0 Å². The van der Waals surface area contributed by atoms with Gasteiger partial charge in [0.1, 0.15) is 0 Å². The SMILES string of the molecule is CC1(NC(=O)Nc2cccc(CCC(F)(F)F)c2)CCOC1. The number of carbonyl (C=O) groups is 1. The van der Waals surface area contributed by atoms with Crippen molar-refractivity contribution >= 4 is 11.7 Å². The summed E-state index contributed by atoms with van der Waals surface area (Å²) in [5, 5.41) is 5.47. The maximum absolute atomic E-state index is 12.2. The van der Waals surface area contributed by atoms with Gasteiger partial charge in [0.05, 0.1) is 12.1 Å².